The summed E-state index contributed by atoms with van der Waals surface area (Å²) in [6, 6.07) is 5.86. The first-order chi connectivity index (χ1) is 12.8. The minimum Gasteiger partial charge on any atom is -0.550 e. The monoisotopic (exact) mass is 396 g/mol. The van der Waals surface area contributed by atoms with E-state index in [0.717, 1.165) is 0 Å². The van der Waals surface area contributed by atoms with Crippen LogP contribution in [0, 0.1) is 0 Å². The van der Waals surface area contributed by atoms with Gasteiger partial charge in [0.1, 0.15) is 12.6 Å². The average molecular weight is 396 g/mol. The third kappa shape index (κ3) is 8.95. The number of hydrogen-bond acceptors (Lipinski definition) is 8. The Bertz CT molecular complexity index is 654. The number of alkyl carbamates (subject to hydrolysis) is 1. The minimum absolute atomic E-state index is 0.0816. The van der Waals surface area contributed by atoms with Crippen molar-refractivity contribution in [3.63, 3.8) is 0 Å². The lowest BCUT2D eigenvalue weighted by Crippen LogP contribution is -2.55. The van der Waals surface area contributed by atoms with Crippen molar-refractivity contribution in [2.24, 2.45) is 0 Å². The Hall–Kier alpha value is -2.75. The normalized spacial score (nSPS) is 12.5. The summed E-state index contributed by atoms with van der Waals surface area (Å²) in [7, 11) is 0. The molecular formula is C17H20N2O7S-2. The second-order valence-electron chi connectivity index (χ2n) is 5.50. The SMILES string of the molecule is CSCC[C@H](NC(=O)[C@H](CC(=O)[O-])NC(=O)OCc1ccccc1)C(=O)[O-]. The van der Waals surface area contributed by atoms with Crippen molar-refractivity contribution in [2.45, 2.75) is 31.5 Å². The fraction of sp³-hybridized carbons (Fsp3) is 0.412. The number of carboxylic acid groups (broad SMARTS) is 2. The molecule has 0 aliphatic carbocycles. The van der Waals surface area contributed by atoms with Crippen LogP contribution in [0.1, 0.15) is 18.4 Å². The van der Waals surface area contributed by atoms with Gasteiger partial charge in [0.15, 0.2) is 0 Å². The summed E-state index contributed by atoms with van der Waals surface area (Å²) in [5, 5.41) is 26.2. The fourth-order valence-electron chi connectivity index (χ4n) is 2.04. The van der Waals surface area contributed by atoms with Crippen LogP contribution in [-0.2, 0) is 25.7 Å². The summed E-state index contributed by atoms with van der Waals surface area (Å²) in [6.45, 7) is -0.0816. The zero-order valence-electron chi connectivity index (χ0n) is 14.6. The molecule has 0 spiro atoms. The zero-order chi connectivity index (χ0) is 20.2. The number of aliphatic carboxylic acids is 2. The number of nitrogens with one attached hydrogen (secondary N) is 2. The summed E-state index contributed by atoms with van der Waals surface area (Å²) in [4.78, 5) is 46.0. The summed E-state index contributed by atoms with van der Waals surface area (Å²) < 4.78 is 4.93. The number of hydrogen-bond donors (Lipinski definition) is 2. The van der Waals surface area contributed by atoms with Crippen LogP contribution in [0.3, 0.4) is 0 Å². The van der Waals surface area contributed by atoms with E-state index in [9.17, 15) is 29.4 Å². The van der Waals surface area contributed by atoms with E-state index in [4.69, 9.17) is 4.74 Å². The topological polar surface area (TPSA) is 148 Å². The first-order valence-electron chi connectivity index (χ1n) is 8.00. The number of rotatable bonds is 11. The molecule has 0 bridgehead atoms. The van der Waals surface area contributed by atoms with Gasteiger partial charge >= 0.3 is 6.09 Å². The Morgan fingerprint density at radius 1 is 1.07 bits per heavy atom. The van der Waals surface area contributed by atoms with Crippen molar-refractivity contribution in [1.29, 1.82) is 0 Å². The molecule has 27 heavy (non-hydrogen) atoms. The highest BCUT2D eigenvalue weighted by Gasteiger charge is 2.24. The maximum atomic E-state index is 12.2. The Labute approximate surface area is 160 Å². The molecule has 1 aromatic rings. The summed E-state index contributed by atoms with van der Waals surface area (Å²) in [5.41, 5.74) is 0.697. The maximum Gasteiger partial charge on any atom is 0.408 e. The maximum absolute atomic E-state index is 12.2. The molecule has 10 heteroatoms. The molecule has 0 radical (unpaired) electrons. The molecule has 1 aromatic carbocycles. The first kappa shape index (κ1) is 22.3. The minimum atomic E-state index is -1.59. The second-order valence-corrected chi connectivity index (χ2v) is 6.48. The quantitative estimate of drug-likeness (QED) is 0.455. The van der Waals surface area contributed by atoms with Crippen LogP contribution in [-0.4, -0.2) is 48.0 Å². The third-order valence-electron chi connectivity index (χ3n) is 3.40. The van der Waals surface area contributed by atoms with Crippen LogP contribution >= 0.6 is 11.8 Å². The lowest BCUT2D eigenvalue weighted by molar-refractivity contribution is -0.308. The number of ether oxygens (including phenoxy) is 1. The molecule has 0 saturated carbocycles. The van der Waals surface area contributed by atoms with Gasteiger partial charge in [-0.3, -0.25) is 4.79 Å². The Balaban J connectivity index is 2.66. The van der Waals surface area contributed by atoms with E-state index in [1.54, 1.807) is 36.6 Å². The highest BCUT2D eigenvalue weighted by molar-refractivity contribution is 7.98. The molecular weight excluding hydrogens is 376 g/mol. The zero-order valence-corrected chi connectivity index (χ0v) is 15.5. The summed E-state index contributed by atoms with van der Waals surface area (Å²) >= 11 is 1.37. The summed E-state index contributed by atoms with van der Waals surface area (Å²) in [6.07, 6.45) is -0.00754. The number of thioether (sulfide) groups is 1. The first-order valence-corrected chi connectivity index (χ1v) is 9.40. The van der Waals surface area contributed by atoms with Gasteiger partial charge in [0.25, 0.3) is 0 Å². The molecule has 0 aromatic heterocycles. The van der Waals surface area contributed by atoms with E-state index in [0.29, 0.717) is 11.3 Å². The number of carbonyl (C=O) groups excluding carboxylic acids is 4. The van der Waals surface area contributed by atoms with Crippen molar-refractivity contribution in [3.8, 4) is 0 Å². The molecule has 2 atom stereocenters. The van der Waals surface area contributed by atoms with Gasteiger partial charge in [-0.1, -0.05) is 30.3 Å². The van der Waals surface area contributed by atoms with Crippen molar-refractivity contribution < 1.29 is 34.1 Å². The highest BCUT2D eigenvalue weighted by Crippen LogP contribution is 2.03. The van der Waals surface area contributed by atoms with Crippen LogP contribution < -0.4 is 20.8 Å². The van der Waals surface area contributed by atoms with Gasteiger partial charge in [0.2, 0.25) is 5.91 Å². The van der Waals surface area contributed by atoms with Crippen LogP contribution in [0.5, 0.6) is 0 Å². The van der Waals surface area contributed by atoms with E-state index in [-0.39, 0.29) is 13.0 Å². The predicted molar refractivity (Wildman–Crippen MR) is 93.1 cm³/mol. The highest BCUT2D eigenvalue weighted by atomic mass is 32.2. The number of carboxylic acids is 2. The molecule has 0 heterocycles. The lowest BCUT2D eigenvalue weighted by atomic mass is 10.1. The van der Waals surface area contributed by atoms with Gasteiger partial charge in [0.05, 0.1) is 12.0 Å². The van der Waals surface area contributed by atoms with Crippen molar-refractivity contribution >= 4 is 35.7 Å². The van der Waals surface area contributed by atoms with E-state index >= 15 is 0 Å². The second kappa shape index (κ2) is 11.8. The van der Waals surface area contributed by atoms with Crippen LogP contribution in [0.15, 0.2) is 30.3 Å². The van der Waals surface area contributed by atoms with E-state index in [1.165, 1.54) is 11.8 Å². The van der Waals surface area contributed by atoms with Gasteiger partial charge in [0, 0.05) is 12.4 Å². The molecule has 2 N–H and O–H groups in total. The number of carbonyl (C=O) groups is 4. The number of benzene rings is 1. The van der Waals surface area contributed by atoms with E-state index in [1.807, 2.05) is 0 Å². The van der Waals surface area contributed by atoms with Gasteiger partial charge in [-0.2, -0.15) is 11.8 Å². The molecule has 0 aliphatic rings. The van der Waals surface area contributed by atoms with Gasteiger partial charge in [-0.15, -0.1) is 0 Å². The largest absolute Gasteiger partial charge is 0.550 e. The predicted octanol–water partition coefficient (Wildman–Crippen LogP) is -1.59. The molecule has 0 unspecified atom stereocenters. The summed E-state index contributed by atoms with van der Waals surface area (Å²) in [5.74, 6) is -3.63. The van der Waals surface area contributed by atoms with E-state index < -0.39 is 42.4 Å². The molecule has 9 nitrogen and oxygen atoms in total. The van der Waals surface area contributed by atoms with Crippen molar-refractivity contribution in [3.05, 3.63) is 35.9 Å². The van der Waals surface area contributed by atoms with Gasteiger partial charge in [-0.25, -0.2) is 4.79 Å². The number of amides is 2. The molecule has 2 amide bonds. The van der Waals surface area contributed by atoms with Crippen LogP contribution in [0.4, 0.5) is 4.79 Å². The van der Waals surface area contributed by atoms with Crippen molar-refractivity contribution in [1.82, 2.24) is 10.6 Å². The van der Waals surface area contributed by atoms with Crippen LogP contribution in [0.25, 0.3) is 0 Å². The Kier molecular flexibility index (Phi) is 9.73. The van der Waals surface area contributed by atoms with E-state index in [2.05, 4.69) is 10.6 Å². The Morgan fingerprint density at radius 2 is 1.74 bits per heavy atom. The van der Waals surface area contributed by atoms with Crippen LogP contribution in [0.2, 0.25) is 0 Å². The standard InChI is InChI=1S/C17H22N2O7S/c1-27-8-7-12(16(23)24)18-15(22)13(9-14(20)21)19-17(25)26-10-11-5-3-2-4-6-11/h2-6,12-13H,7-10H2,1H3,(H,18,22)(H,19,25)(H,20,21)(H,23,24)/p-2/t12-,13-/m0/s1. The molecule has 148 valence electrons. The van der Waals surface area contributed by atoms with Gasteiger partial charge in [-0.05, 0) is 24.0 Å². The fourth-order valence-corrected chi connectivity index (χ4v) is 2.51. The molecule has 1 rings (SSSR count). The smallest absolute Gasteiger partial charge is 0.408 e. The van der Waals surface area contributed by atoms with Crippen molar-refractivity contribution in [2.75, 3.05) is 12.0 Å². The molecule has 0 aliphatic heterocycles. The van der Waals surface area contributed by atoms with Gasteiger partial charge < -0.3 is 35.2 Å². The molecule has 0 fully saturated rings. The Morgan fingerprint density at radius 3 is 2.30 bits per heavy atom. The third-order valence-corrected chi connectivity index (χ3v) is 4.05. The average Bonchev–Trinajstić information content (AvgIpc) is 2.63. The molecule has 0 saturated heterocycles. The lowest BCUT2D eigenvalue weighted by Gasteiger charge is -2.24.